The number of aryl methyl sites for hydroxylation is 1. The average Bonchev–Trinajstić information content (AvgIpc) is 2.38. The quantitative estimate of drug-likeness (QED) is 0.867. The van der Waals surface area contributed by atoms with E-state index in [1.165, 1.54) is 12.8 Å². The van der Waals surface area contributed by atoms with Crippen LogP contribution in [0.25, 0.3) is 0 Å². The molecular formula is C14H23N3. The van der Waals surface area contributed by atoms with E-state index in [0.717, 1.165) is 30.5 Å². The van der Waals surface area contributed by atoms with Gasteiger partial charge in [0.25, 0.3) is 0 Å². The molecule has 0 saturated carbocycles. The number of hydrogen-bond donors (Lipinski definition) is 1. The Labute approximate surface area is 104 Å². The largest absolute Gasteiger partial charge is 0.357 e. The third kappa shape index (κ3) is 2.97. The van der Waals surface area contributed by atoms with Gasteiger partial charge in [-0.15, -0.1) is 0 Å². The van der Waals surface area contributed by atoms with Gasteiger partial charge in [0.1, 0.15) is 5.82 Å². The van der Waals surface area contributed by atoms with Gasteiger partial charge in [-0.1, -0.05) is 6.07 Å². The summed E-state index contributed by atoms with van der Waals surface area (Å²) >= 11 is 0. The van der Waals surface area contributed by atoms with Crippen molar-refractivity contribution in [3.05, 3.63) is 23.9 Å². The summed E-state index contributed by atoms with van der Waals surface area (Å²) in [5.74, 6) is 1.95. The summed E-state index contributed by atoms with van der Waals surface area (Å²) in [5.41, 5.74) is 1.10. The molecule has 0 bridgehead atoms. The van der Waals surface area contributed by atoms with Crippen molar-refractivity contribution in [2.45, 2.75) is 32.7 Å². The predicted molar refractivity (Wildman–Crippen MR) is 72.4 cm³/mol. The van der Waals surface area contributed by atoms with Crippen molar-refractivity contribution in [2.75, 3.05) is 25.0 Å². The fourth-order valence-corrected chi connectivity index (χ4v) is 2.57. The van der Waals surface area contributed by atoms with Gasteiger partial charge in [-0.2, -0.15) is 0 Å². The van der Waals surface area contributed by atoms with Gasteiger partial charge in [-0.05, 0) is 51.8 Å². The van der Waals surface area contributed by atoms with Gasteiger partial charge in [0.2, 0.25) is 0 Å². The molecule has 0 amide bonds. The van der Waals surface area contributed by atoms with Gasteiger partial charge in [-0.25, -0.2) is 4.98 Å². The third-order valence-electron chi connectivity index (χ3n) is 3.90. The zero-order valence-corrected chi connectivity index (χ0v) is 11.1. The maximum Gasteiger partial charge on any atom is 0.128 e. The number of hydrogen-bond acceptors (Lipinski definition) is 3. The zero-order valence-electron chi connectivity index (χ0n) is 11.1. The minimum Gasteiger partial charge on any atom is -0.357 e. The van der Waals surface area contributed by atoms with Crippen LogP contribution in [-0.2, 0) is 0 Å². The molecule has 0 aliphatic carbocycles. The second-order valence-electron chi connectivity index (χ2n) is 5.04. The van der Waals surface area contributed by atoms with Crippen molar-refractivity contribution in [1.29, 1.82) is 0 Å². The molecule has 1 saturated heterocycles. The molecule has 2 rings (SSSR count). The maximum atomic E-state index is 4.60. The minimum atomic E-state index is 0.627. The first-order valence-electron chi connectivity index (χ1n) is 6.56. The molecule has 1 fully saturated rings. The smallest absolute Gasteiger partial charge is 0.128 e. The minimum absolute atomic E-state index is 0.627. The molecule has 1 unspecified atom stereocenters. The lowest BCUT2D eigenvalue weighted by Gasteiger charge is -2.35. The molecule has 1 atom stereocenters. The predicted octanol–water partition coefficient (Wildman–Crippen LogP) is 2.21. The van der Waals surface area contributed by atoms with Crippen molar-refractivity contribution in [3.63, 3.8) is 0 Å². The molecule has 17 heavy (non-hydrogen) atoms. The second kappa shape index (κ2) is 5.50. The Bertz CT molecular complexity index is 356. The number of piperidine rings is 1. The van der Waals surface area contributed by atoms with E-state index in [4.69, 9.17) is 0 Å². The van der Waals surface area contributed by atoms with Crippen LogP contribution in [0.4, 0.5) is 5.82 Å². The monoisotopic (exact) mass is 233 g/mol. The lowest BCUT2D eigenvalue weighted by atomic mass is 9.90. The number of aromatic nitrogens is 1. The van der Waals surface area contributed by atoms with Crippen molar-refractivity contribution < 1.29 is 0 Å². The highest BCUT2D eigenvalue weighted by molar-refractivity contribution is 5.39. The molecular weight excluding hydrogens is 210 g/mol. The summed E-state index contributed by atoms with van der Waals surface area (Å²) < 4.78 is 0. The van der Waals surface area contributed by atoms with Gasteiger partial charge in [0.15, 0.2) is 0 Å². The number of nitrogens with zero attached hydrogens (tertiary/aromatic N) is 2. The molecule has 0 spiro atoms. The molecule has 2 heterocycles. The van der Waals surface area contributed by atoms with E-state index in [0.29, 0.717) is 6.04 Å². The standard InChI is InChI=1S/C14H23N3/c1-11-5-4-6-14(16-11)17-9-7-13(8-10-17)12(2)15-3/h4-6,12-13,15H,7-10H2,1-3H3. The van der Waals surface area contributed by atoms with Crippen molar-refractivity contribution >= 4 is 5.82 Å². The van der Waals surface area contributed by atoms with E-state index in [9.17, 15) is 0 Å². The molecule has 1 aromatic heterocycles. The number of nitrogens with one attached hydrogen (secondary N) is 1. The van der Waals surface area contributed by atoms with E-state index in [-0.39, 0.29) is 0 Å². The maximum absolute atomic E-state index is 4.60. The molecule has 0 aromatic carbocycles. The summed E-state index contributed by atoms with van der Waals surface area (Å²) in [7, 11) is 2.05. The van der Waals surface area contributed by atoms with Crippen LogP contribution in [0, 0.1) is 12.8 Å². The topological polar surface area (TPSA) is 28.2 Å². The molecule has 3 nitrogen and oxygen atoms in total. The van der Waals surface area contributed by atoms with Crippen LogP contribution in [0.15, 0.2) is 18.2 Å². The normalized spacial score (nSPS) is 19.4. The van der Waals surface area contributed by atoms with E-state index in [1.807, 2.05) is 0 Å². The summed E-state index contributed by atoms with van der Waals surface area (Å²) in [6, 6.07) is 6.90. The number of rotatable bonds is 3. The zero-order chi connectivity index (χ0) is 12.3. The fourth-order valence-electron chi connectivity index (χ4n) is 2.57. The lowest BCUT2D eigenvalue weighted by Crippen LogP contribution is -2.41. The summed E-state index contributed by atoms with van der Waals surface area (Å²) in [6.45, 7) is 6.60. The molecule has 3 heteroatoms. The first kappa shape index (κ1) is 12.4. The molecule has 1 N–H and O–H groups in total. The number of pyridine rings is 1. The van der Waals surface area contributed by atoms with E-state index < -0.39 is 0 Å². The molecule has 94 valence electrons. The van der Waals surface area contributed by atoms with Crippen molar-refractivity contribution in [3.8, 4) is 0 Å². The van der Waals surface area contributed by atoms with E-state index in [1.54, 1.807) is 0 Å². The third-order valence-corrected chi connectivity index (χ3v) is 3.90. The van der Waals surface area contributed by atoms with Crippen LogP contribution in [0.3, 0.4) is 0 Å². The number of anilines is 1. The van der Waals surface area contributed by atoms with E-state index in [2.05, 4.69) is 54.3 Å². The highest BCUT2D eigenvalue weighted by Crippen LogP contribution is 2.23. The average molecular weight is 233 g/mol. The second-order valence-corrected chi connectivity index (χ2v) is 5.04. The summed E-state index contributed by atoms with van der Waals surface area (Å²) in [6.07, 6.45) is 2.52. The molecule has 0 radical (unpaired) electrons. The van der Waals surface area contributed by atoms with Gasteiger partial charge in [0, 0.05) is 24.8 Å². The van der Waals surface area contributed by atoms with Crippen LogP contribution in [0.1, 0.15) is 25.5 Å². The first-order chi connectivity index (χ1) is 8.20. The fraction of sp³-hybridized carbons (Fsp3) is 0.643. The SMILES string of the molecule is CNC(C)C1CCN(c2cccc(C)n2)CC1. The molecule has 1 aliphatic rings. The van der Waals surface area contributed by atoms with Gasteiger partial charge >= 0.3 is 0 Å². The Morgan fingerprint density at radius 3 is 2.65 bits per heavy atom. The Morgan fingerprint density at radius 2 is 2.06 bits per heavy atom. The van der Waals surface area contributed by atoms with E-state index >= 15 is 0 Å². The molecule has 1 aliphatic heterocycles. The van der Waals surface area contributed by atoms with Crippen LogP contribution in [-0.4, -0.2) is 31.2 Å². The summed E-state index contributed by atoms with van der Waals surface area (Å²) in [4.78, 5) is 7.01. The van der Waals surface area contributed by atoms with Gasteiger partial charge < -0.3 is 10.2 Å². The highest BCUT2D eigenvalue weighted by Gasteiger charge is 2.23. The van der Waals surface area contributed by atoms with Crippen molar-refractivity contribution in [1.82, 2.24) is 10.3 Å². The highest BCUT2D eigenvalue weighted by atomic mass is 15.2. The van der Waals surface area contributed by atoms with Gasteiger partial charge in [-0.3, -0.25) is 0 Å². The van der Waals surface area contributed by atoms with Crippen LogP contribution < -0.4 is 10.2 Å². The lowest BCUT2D eigenvalue weighted by molar-refractivity contribution is 0.323. The molecule has 1 aromatic rings. The Kier molecular flexibility index (Phi) is 4.00. The Balaban J connectivity index is 1.95. The Morgan fingerprint density at radius 1 is 1.35 bits per heavy atom. The summed E-state index contributed by atoms with van der Waals surface area (Å²) in [5, 5.41) is 3.36. The van der Waals surface area contributed by atoms with Crippen LogP contribution >= 0.6 is 0 Å². The Hall–Kier alpha value is -1.09. The first-order valence-corrected chi connectivity index (χ1v) is 6.56. The van der Waals surface area contributed by atoms with Crippen LogP contribution in [0.2, 0.25) is 0 Å². The van der Waals surface area contributed by atoms with Crippen LogP contribution in [0.5, 0.6) is 0 Å². The van der Waals surface area contributed by atoms with Gasteiger partial charge in [0.05, 0.1) is 0 Å². The van der Waals surface area contributed by atoms with Crippen molar-refractivity contribution in [2.24, 2.45) is 5.92 Å².